The van der Waals surface area contributed by atoms with E-state index >= 15 is 0 Å². The molecule has 19 heavy (non-hydrogen) atoms. The van der Waals surface area contributed by atoms with E-state index in [-0.39, 0.29) is 23.5 Å². The van der Waals surface area contributed by atoms with Gasteiger partial charge in [-0.3, -0.25) is 4.79 Å². The Kier molecular flexibility index (Phi) is 5.36. The molecule has 0 aromatic heterocycles. The maximum Gasteiger partial charge on any atom is 0.342 e. The molecule has 2 N–H and O–H groups in total. The highest BCUT2D eigenvalue weighted by Crippen LogP contribution is 2.27. The minimum atomic E-state index is -0.761. The van der Waals surface area contributed by atoms with Gasteiger partial charge in [0, 0.05) is 11.6 Å². The number of hydrogen-bond acceptors (Lipinski definition) is 5. The van der Waals surface area contributed by atoms with E-state index in [1.54, 1.807) is 0 Å². The molecule has 0 fully saturated rings. The molecule has 0 saturated carbocycles. The maximum absolute atomic E-state index is 11.8. The van der Waals surface area contributed by atoms with Gasteiger partial charge in [0.15, 0.2) is 6.29 Å². The Morgan fingerprint density at radius 3 is 2.63 bits per heavy atom. The number of esters is 1. The summed E-state index contributed by atoms with van der Waals surface area (Å²) in [5.41, 5.74) is -0.302. The first-order valence-electron chi connectivity index (χ1n) is 6.14. The lowest BCUT2D eigenvalue weighted by Crippen LogP contribution is -2.10. The van der Waals surface area contributed by atoms with Crippen molar-refractivity contribution in [1.82, 2.24) is 0 Å². The summed E-state index contributed by atoms with van der Waals surface area (Å²) in [7, 11) is 0. The van der Waals surface area contributed by atoms with Crippen LogP contribution in [0.3, 0.4) is 0 Å². The maximum atomic E-state index is 11.8. The van der Waals surface area contributed by atoms with Crippen LogP contribution in [0.5, 0.6) is 11.5 Å². The van der Waals surface area contributed by atoms with Crippen molar-refractivity contribution in [2.45, 2.75) is 26.7 Å². The molecule has 0 amide bonds. The molecule has 1 aromatic rings. The number of rotatable bonds is 6. The molecule has 0 spiro atoms. The molecule has 5 heteroatoms. The second-order valence-corrected chi connectivity index (χ2v) is 4.72. The number of aldehydes is 1. The Labute approximate surface area is 111 Å². The molecule has 0 bridgehead atoms. The second kappa shape index (κ2) is 6.78. The van der Waals surface area contributed by atoms with E-state index in [2.05, 4.69) is 13.8 Å². The number of aromatic hydroxyl groups is 2. The van der Waals surface area contributed by atoms with Crippen molar-refractivity contribution >= 4 is 12.3 Å². The van der Waals surface area contributed by atoms with Crippen LogP contribution in [-0.4, -0.2) is 29.1 Å². The zero-order chi connectivity index (χ0) is 14.4. The first-order chi connectivity index (χ1) is 8.95. The highest BCUT2D eigenvalue weighted by molar-refractivity contribution is 6.01. The zero-order valence-electron chi connectivity index (χ0n) is 11.0. The molecule has 0 heterocycles. The van der Waals surface area contributed by atoms with Crippen LogP contribution < -0.4 is 0 Å². The molecule has 1 rings (SSSR count). The van der Waals surface area contributed by atoms with Gasteiger partial charge in [-0.05, 0) is 24.8 Å². The van der Waals surface area contributed by atoms with E-state index in [0.717, 1.165) is 25.0 Å². The lowest BCUT2D eigenvalue weighted by atomic mass is 10.1. The van der Waals surface area contributed by atoms with E-state index in [9.17, 15) is 19.8 Å². The largest absolute Gasteiger partial charge is 0.508 e. The van der Waals surface area contributed by atoms with Crippen molar-refractivity contribution in [3.8, 4) is 11.5 Å². The van der Waals surface area contributed by atoms with Crippen molar-refractivity contribution in [3.63, 3.8) is 0 Å². The van der Waals surface area contributed by atoms with Crippen molar-refractivity contribution in [1.29, 1.82) is 0 Å². The Bertz CT molecular complexity index is 465. The summed E-state index contributed by atoms with van der Waals surface area (Å²) in [5.74, 6) is -0.985. The molecular formula is C14H18O5. The second-order valence-electron chi connectivity index (χ2n) is 4.72. The van der Waals surface area contributed by atoms with Gasteiger partial charge in [0.05, 0.1) is 6.61 Å². The monoisotopic (exact) mass is 266 g/mol. The normalized spacial score (nSPS) is 10.5. The van der Waals surface area contributed by atoms with E-state index in [0.29, 0.717) is 12.2 Å². The summed E-state index contributed by atoms with van der Waals surface area (Å²) in [4.78, 5) is 22.6. The molecule has 0 radical (unpaired) electrons. The van der Waals surface area contributed by atoms with Crippen LogP contribution in [0.4, 0.5) is 0 Å². The third-order valence-electron chi connectivity index (χ3n) is 2.62. The number of ether oxygens (including phenoxy) is 1. The predicted molar refractivity (Wildman–Crippen MR) is 69.5 cm³/mol. The van der Waals surface area contributed by atoms with Gasteiger partial charge >= 0.3 is 5.97 Å². The van der Waals surface area contributed by atoms with Gasteiger partial charge in [-0.2, -0.15) is 0 Å². The molecule has 0 saturated heterocycles. The van der Waals surface area contributed by atoms with Crippen LogP contribution >= 0.6 is 0 Å². The van der Waals surface area contributed by atoms with Crippen LogP contribution in [0, 0.1) is 5.92 Å². The van der Waals surface area contributed by atoms with Crippen molar-refractivity contribution < 1.29 is 24.5 Å². The topological polar surface area (TPSA) is 83.8 Å². The fraction of sp³-hybridized carbons (Fsp3) is 0.429. The highest BCUT2D eigenvalue weighted by atomic mass is 16.5. The number of carbonyl (C=O) groups excluding carboxylic acids is 2. The average molecular weight is 266 g/mol. The summed E-state index contributed by atoms with van der Waals surface area (Å²) in [6.07, 6.45) is 2.04. The van der Waals surface area contributed by atoms with E-state index in [1.807, 2.05) is 0 Å². The fourth-order valence-corrected chi connectivity index (χ4v) is 1.68. The molecule has 0 aliphatic heterocycles. The number of phenolic OH excluding ortho intramolecular Hbond substituents is 2. The van der Waals surface area contributed by atoms with Gasteiger partial charge in [-0.15, -0.1) is 0 Å². The molecule has 0 atom stereocenters. The van der Waals surface area contributed by atoms with E-state index in [4.69, 9.17) is 4.74 Å². The molecule has 1 aromatic carbocycles. The molecule has 0 unspecified atom stereocenters. The summed E-state index contributed by atoms with van der Waals surface area (Å²) in [6.45, 7) is 4.37. The van der Waals surface area contributed by atoms with E-state index < -0.39 is 11.7 Å². The SMILES string of the molecule is CC(C)CCCOC(=O)c1c(O)cc(O)cc1C=O. The van der Waals surface area contributed by atoms with Crippen LogP contribution in [0.2, 0.25) is 0 Å². The minimum Gasteiger partial charge on any atom is -0.508 e. The summed E-state index contributed by atoms with van der Waals surface area (Å²) < 4.78 is 5.00. The van der Waals surface area contributed by atoms with E-state index in [1.165, 1.54) is 0 Å². The fourth-order valence-electron chi connectivity index (χ4n) is 1.68. The number of benzene rings is 1. The zero-order valence-corrected chi connectivity index (χ0v) is 11.0. The number of phenols is 2. The minimum absolute atomic E-state index is 0.0913. The van der Waals surface area contributed by atoms with Crippen LogP contribution in [-0.2, 0) is 4.74 Å². The highest BCUT2D eigenvalue weighted by Gasteiger charge is 2.19. The third kappa shape index (κ3) is 4.28. The number of hydrogen-bond donors (Lipinski definition) is 2. The molecule has 5 nitrogen and oxygen atoms in total. The molecular weight excluding hydrogens is 248 g/mol. The van der Waals surface area contributed by atoms with Gasteiger partial charge in [0.25, 0.3) is 0 Å². The molecule has 0 aliphatic rings. The Balaban J connectivity index is 2.74. The Morgan fingerprint density at radius 1 is 1.37 bits per heavy atom. The van der Waals surface area contributed by atoms with Gasteiger partial charge in [0.1, 0.15) is 17.1 Å². The number of carbonyl (C=O) groups is 2. The Hall–Kier alpha value is -2.04. The quantitative estimate of drug-likeness (QED) is 0.469. The van der Waals surface area contributed by atoms with Crippen molar-refractivity contribution in [2.75, 3.05) is 6.61 Å². The lowest BCUT2D eigenvalue weighted by molar-refractivity contribution is 0.0489. The average Bonchev–Trinajstić information content (AvgIpc) is 2.33. The first kappa shape index (κ1) is 15.0. The van der Waals surface area contributed by atoms with Gasteiger partial charge in [-0.25, -0.2) is 4.79 Å². The standard InChI is InChI=1S/C14H18O5/c1-9(2)4-3-5-19-14(18)13-10(8-15)6-11(16)7-12(13)17/h6-9,16-17H,3-5H2,1-2H3. The van der Waals surface area contributed by atoms with Crippen molar-refractivity contribution in [3.05, 3.63) is 23.3 Å². The van der Waals surface area contributed by atoms with Crippen molar-refractivity contribution in [2.24, 2.45) is 5.92 Å². The smallest absolute Gasteiger partial charge is 0.342 e. The van der Waals surface area contributed by atoms with Crippen LogP contribution in [0.15, 0.2) is 12.1 Å². The lowest BCUT2D eigenvalue weighted by Gasteiger charge is -2.09. The predicted octanol–water partition coefficient (Wildman–Crippen LogP) is 2.50. The summed E-state index contributed by atoms with van der Waals surface area (Å²) >= 11 is 0. The van der Waals surface area contributed by atoms with Crippen LogP contribution in [0.1, 0.15) is 47.4 Å². The Morgan fingerprint density at radius 2 is 2.05 bits per heavy atom. The molecule has 104 valence electrons. The first-order valence-corrected chi connectivity index (χ1v) is 6.14. The summed E-state index contributed by atoms with van der Waals surface area (Å²) in [6, 6.07) is 2.11. The molecule has 0 aliphatic carbocycles. The summed E-state index contributed by atoms with van der Waals surface area (Å²) in [5, 5.41) is 18.8. The van der Waals surface area contributed by atoms with Gasteiger partial charge in [-0.1, -0.05) is 13.8 Å². The van der Waals surface area contributed by atoms with Crippen LogP contribution in [0.25, 0.3) is 0 Å². The van der Waals surface area contributed by atoms with Gasteiger partial charge in [0.2, 0.25) is 0 Å². The third-order valence-corrected chi connectivity index (χ3v) is 2.62. The van der Waals surface area contributed by atoms with Gasteiger partial charge < -0.3 is 14.9 Å².